The third-order valence-corrected chi connectivity index (χ3v) is 2.60. The number of nitrogen functional groups attached to an aromatic ring is 1. The van der Waals surface area contributed by atoms with Gasteiger partial charge in [0.1, 0.15) is 0 Å². The van der Waals surface area contributed by atoms with Crippen molar-refractivity contribution in [3.05, 3.63) is 28.8 Å². The Labute approximate surface area is 105 Å². The highest BCUT2D eigenvalue weighted by atomic mass is 35.5. The van der Waals surface area contributed by atoms with Crippen LogP contribution in [-0.4, -0.2) is 12.5 Å². The fourth-order valence-corrected chi connectivity index (χ4v) is 1.44. The Bertz CT molecular complexity index is 440. The van der Waals surface area contributed by atoms with Crippen LogP contribution in [0, 0.1) is 11.3 Å². The lowest BCUT2D eigenvalue weighted by molar-refractivity contribution is 0.0953. The fraction of sp³-hybridized carbons (Fsp3) is 0.333. The Kier molecular flexibility index (Phi) is 5.31. The number of benzene rings is 1. The van der Waals surface area contributed by atoms with E-state index in [0.717, 1.165) is 12.8 Å². The number of carbonyl (C=O) groups is 1. The smallest absolute Gasteiger partial charge is 0.251 e. The maximum absolute atomic E-state index is 11.7. The van der Waals surface area contributed by atoms with Gasteiger partial charge in [-0.15, -0.1) is 0 Å². The minimum atomic E-state index is -0.176. The van der Waals surface area contributed by atoms with Crippen molar-refractivity contribution in [3.63, 3.8) is 0 Å². The molecule has 0 unspecified atom stereocenters. The standard InChI is InChI=1S/C12H14ClN3O/c13-10-5-4-9(8-11(10)15)12(17)16-7-3-1-2-6-14/h4-5,8H,1-3,7,15H2,(H,16,17). The van der Waals surface area contributed by atoms with Gasteiger partial charge in [-0.2, -0.15) is 5.26 Å². The molecule has 1 aromatic rings. The van der Waals surface area contributed by atoms with E-state index in [1.54, 1.807) is 18.2 Å². The molecule has 0 aliphatic rings. The quantitative estimate of drug-likeness (QED) is 0.623. The number of unbranched alkanes of at least 4 members (excludes halogenated alkanes) is 2. The van der Waals surface area contributed by atoms with Gasteiger partial charge >= 0.3 is 0 Å². The first-order valence-electron chi connectivity index (χ1n) is 5.35. The van der Waals surface area contributed by atoms with E-state index in [2.05, 4.69) is 11.4 Å². The Hall–Kier alpha value is -1.73. The Balaban J connectivity index is 2.42. The molecule has 0 spiro atoms. The normalized spacial score (nSPS) is 9.65. The second kappa shape index (κ2) is 6.77. The third kappa shape index (κ3) is 4.33. The van der Waals surface area contributed by atoms with Gasteiger partial charge in [0.15, 0.2) is 0 Å². The second-order valence-electron chi connectivity index (χ2n) is 3.61. The van der Waals surface area contributed by atoms with Crippen molar-refractivity contribution < 1.29 is 4.79 Å². The summed E-state index contributed by atoms with van der Waals surface area (Å²) in [6, 6.07) is 6.83. The first kappa shape index (κ1) is 13.3. The minimum Gasteiger partial charge on any atom is -0.398 e. The predicted octanol–water partition coefficient (Wildman–Crippen LogP) is 2.35. The van der Waals surface area contributed by atoms with Crippen molar-refractivity contribution in [2.24, 2.45) is 0 Å². The van der Waals surface area contributed by atoms with E-state index in [9.17, 15) is 4.79 Å². The van der Waals surface area contributed by atoms with E-state index in [-0.39, 0.29) is 5.91 Å². The molecule has 90 valence electrons. The summed E-state index contributed by atoms with van der Waals surface area (Å²) in [4.78, 5) is 11.7. The lowest BCUT2D eigenvalue weighted by Gasteiger charge is -2.05. The van der Waals surface area contributed by atoms with Gasteiger partial charge < -0.3 is 11.1 Å². The van der Waals surface area contributed by atoms with Crippen LogP contribution in [0.25, 0.3) is 0 Å². The number of halogens is 1. The fourth-order valence-electron chi connectivity index (χ4n) is 1.32. The lowest BCUT2D eigenvalue weighted by Crippen LogP contribution is -2.24. The molecule has 0 radical (unpaired) electrons. The van der Waals surface area contributed by atoms with Crippen molar-refractivity contribution >= 4 is 23.2 Å². The van der Waals surface area contributed by atoms with Crippen LogP contribution < -0.4 is 11.1 Å². The number of amides is 1. The molecule has 0 aliphatic carbocycles. The molecule has 0 saturated carbocycles. The van der Waals surface area contributed by atoms with Crippen molar-refractivity contribution in [1.82, 2.24) is 5.32 Å². The van der Waals surface area contributed by atoms with Gasteiger partial charge in [0.05, 0.1) is 16.8 Å². The topological polar surface area (TPSA) is 78.9 Å². The predicted molar refractivity (Wildman–Crippen MR) is 67.7 cm³/mol. The van der Waals surface area contributed by atoms with Crippen LogP contribution in [0.3, 0.4) is 0 Å². The van der Waals surface area contributed by atoms with Gasteiger partial charge in [-0.1, -0.05) is 11.6 Å². The van der Waals surface area contributed by atoms with E-state index in [4.69, 9.17) is 22.6 Å². The molecule has 0 saturated heterocycles. The van der Waals surface area contributed by atoms with Crippen molar-refractivity contribution in [2.75, 3.05) is 12.3 Å². The second-order valence-corrected chi connectivity index (χ2v) is 4.01. The Morgan fingerprint density at radius 1 is 1.47 bits per heavy atom. The number of hydrogen-bond donors (Lipinski definition) is 2. The zero-order chi connectivity index (χ0) is 12.7. The van der Waals surface area contributed by atoms with E-state index in [1.165, 1.54) is 0 Å². The van der Waals surface area contributed by atoms with E-state index in [0.29, 0.717) is 29.2 Å². The van der Waals surface area contributed by atoms with E-state index >= 15 is 0 Å². The molecule has 17 heavy (non-hydrogen) atoms. The largest absolute Gasteiger partial charge is 0.398 e. The molecule has 0 aromatic heterocycles. The van der Waals surface area contributed by atoms with Crippen molar-refractivity contribution in [2.45, 2.75) is 19.3 Å². The van der Waals surface area contributed by atoms with Crippen LogP contribution >= 0.6 is 11.6 Å². The Morgan fingerprint density at radius 3 is 2.88 bits per heavy atom. The molecule has 1 aromatic carbocycles. The summed E-state index contributed by atoms with van der Waals surface area (Å²) in [7, 11) is 0. The summed E-state index contributed by atoms with van der Waals surface area (Å²) in [6.07, 6.45) is 2.10. The number of nitrogens with zero attached hydrogens (tertiary/aromatic N) is 1. The van der Waals surface area contributed by atoms with Crippen molar-refractivity contribution in [1.29, 1.82) is 5.26 Å². The molecule has 1 amide bonds. The first-order chi connectivity index (χ1) is 8.15. The van der Waals surface area contributed by atoms with Gasteiger partial charge in [0, 0.05) is 18.5 Å². The zero-order valence-electron chi connectivity index (χ0n) is 9.37. The van der Waals surface area contributed by atoms with Crippen LogP contribution in [0.15, 0.2) is 18.2 Å². The maximum Gasteiger partial charge on any atom is 0.251 e. The summed E-state index contributed by atoms with van der Waals surface area (Å²) in [6.45, 7) is 0.559. The maximum atomic E-state index is 11.7. The molecular weight excluding hydrogens is 238 g/mol. The summed E-state index contributed by atoms with van der Waals surface area (Å²) < 4.78 is 0. The monoisotopic (exact) mass is 251 g/mol. The average molecular weight is 252 g/mol. The highest BCUT2D eigenvalue weighted by Crippen LogP contribution is 2.19. The number of nitrogens with two attached hydrogens (primary N) is 1. The Morgan fingerprint density at radius 2 is 2.24 bits per heavy atom. The summed E-state index contributed by atoms with van der Waals surface area (Å²) >= 11 is 5.76. The number of nitriles is 1. The van der Waals surface area contributed by atoms with Crippen LogP contribution in [0.2, 0.25) is 5.02 Å². The van der Waals surface area contributed by atoms with E-state index in [1.807, 2.05) is 0 Å². The molecule has 0 bridgehead atoms. The van der Waals surface area contributed by atoms with Gasteiger partial charge in [0.25, 0.3) is 5.91 Å². The van der Waals surface area contributed by atoms with Crippen molar-refractivity contribution in [3.8, 4) is 6.07 Å². The summed E-state index contributed by atoms with van der Waals surface area (Å²) in [5, 5.41) is 11.5. The van der Waals surface area contributed by atoms with Crippen LogP contribution in [0.5, 0.6) is 0 Å². The van der Waals surface area contributed by atoms with Crippen LogP contribution in [0.1, 0.15) is 29.6 Å². The molecular formula is C12H14ClN3O. The molecule has 0 aliphatic heterocycles. The van der Waals surface area contributed by atoms with Gasteiger partial charge in [0.2, 0.25) is 0 Å². The zero-order valence-corrected chi connectivity index (χ0v) is 10.1. The molecule has 3 N–H and O–H groups in total. The highest BCUT2D eigenvalue weighted by Gasteiger charge is 2.06. The molecule has 5 heteroatoms. The molecule has 0 fully saturated rings. The van der Waals surface area contributed by atoms with E-state index < -0.39 is 0 Å². The summed E-state index contributed by atoms with van der Waals surface area (Å²) in [5.41, 5.74) is 6.49. The average Bonchev–Trinajstić information content (AvgIpc) is 2.32. The summed E-state index contributed by atoms with van der Waals surface area (Å²) in [5.74, 6) is -0.176. The minimum absolute atomic E-state index is 0.176. The van der Waals surface area contributed by atoms with Gasteiger partial charge in [-0.25, -0.2) is 0 Å². The number of carbonyl (C=O) groups excluding carboxylic acids is 1. The van der Waals surface area contributed by atoms with Gasteiger partial charge in [-0.3, -0.25) is 4.79 Å². The molecule has 4 nitrogen and oxygen atoms in total. The number of rotatable bonds is 5. The molecule has 0 atom stereocenters. The number of hydrogen-bond acceptors (Lipinski definition) is 3. The first-order valence-corrected chi connectivity index (χ1v) is 5.73. The molecule has 0 heterocycles. The van der Waals surface area contributed by atoms with Crippen LogP contribution in [0.4, 0.5) is 5.69 Å². The molecule has 1 rings (SSSR count). The van der Waals surface area contributed by atoms with Gasteiger partial charge in [-0.05, 0) is 31.0 Å². The lowest BCUT2D eigenvalue weighted by atomic mass is 10.2. The number of nitrogens with one attached hydrogen (secondary N) is 1. The highest BCUT2D eigenvalue weighted by molar-refractivity contribution is 6.33. The SMILES string of the molecule is N#CCCCCNC(=O)c1ccc(Cl)c(N)c1. The third-order valence-electron chi connectivity index (χ3n) is 2.26. The number of anilines is 1. The van der Waals surface area contributed by atoms with Crippen LogP contribution in [-0.2, 0) is 0 Å².